The van der Waals surface area contributed by atoms with E-state index in [2.05, 4.69) is 4.72 Å². The average molecular weight is 380 g/mol. The zero-order chi connectivity index (χ0) is 18.5. The summed E-state index contributed by atoms with van der Waals surface area (Å²) in [6.45, 7) is 3.88. The third kappa shape index (κ3) is 5.68. The van der Waals surface area contributed by atoms with E-state index in [4.69, 9.17) is 16.3 Å². The van der Waals surface area contributed by atoms with Crippen molar-refractivity contribution in [1.82, 2.24) is 4.72 Å². The van der Waals surface area contributed by atoms with Crippen molar-refractivity contribution in [2.75, 3.05) is 13.7 Å². The topological polar surface area (TPSA) is 55.4 Å². The molecule has 0 saturated heterocycles. The molecule has 0 spiro atoms. The van der Waals surface area contributed by atoms with Crippen LogP contribution in [0.2, 0.25) is 5.02 Å². The molecule has 6 heteroatoms. The molecule has 0 radical (unpaired) electrons. The highest BCUT2D eigenvalue weighted by Gasteiger charge is 2.28. The number of nitrogens with one attached hydrogen (secondary N) is 1. The molecular weight excluding hydrogens is 358 g/mol. The second-order valence-corrected chi connectivity index (χ2v) is 8.11. The van der Waals surface area contributed by atoms with Crippen LogP contribution < -0.4 is 4.72 Å². The zero-order valence-electron chi connectivity index (χ0n) is 14.5. The van der Waals surface area contributed by atoms with Gasteiger partial charge in [-0.3, -0.25) is 0 Å². The number of aryl methyl sites for hydroxylation is 1. The maximum Gasteiger partial charge on any atom is 0.233 e. The first kappa shape index (κ1) is 19.7. The van der Waals surface area contributed by atoms with E-state index >= 15 is 0 Å². The van der Waals surface area contributed by atoms with Gasteiger partial charge in [-0.2, -0.15) is 0 Å². The number of sulfonamides is 1. The Labute approximate surface area is 154 Å². The first-order chi connectivity index (χ1) is 11.7. The van der Waals surface area contributed by atoms with Crippen molar-refractivity contribution >= 4 is 27.7 Å². The van der Waals surface area contributed by atoms with Crippen molar-refractivity contribution < 1.29 is 13.2 Å². The van der Waals surface area contributed by atoms with Crippen molar-refractivity contribution in [3.63, 3.8) is 0 Å². The number of halogens is 1. The Morgan fingerprint density at radius 1 is 1.20 bits per heavy atom. The largest absolute Gasteiger partial charge is 0.372 e. The minimum atomic E-state index is -3.59. The van der Waals surface area contributed by atoms with E-state index in [9.17, 15) is 8.42 Å². The van der Waals surface area contributed by atoms with E-state index in [1.165, 1.54) is 7.11 Å². The normalized spacial score (nSPS) is 14.6. The summed E-state index contributed by atoms with van der Waals surface area (Å²) >= 11 is 6.02. The van der Waals surface area contributed by atoms with E-state index in [1.54, 1.807) is 24.3 Å². The Kier molecular flexibility index (Phi) is 6.41. The van der Waals surface area contributed by atoms with Crippen molar-refractivity contribution in [1.29, 1.82) is 0 Å². The summed E-state index contributed by atoms with van der Waals surface area (Å²) in [4.78, 5) is 0. The number of hydrogen-bond donors (Lipinski definition) is 1. The lowest BCUT2D eigenvalue weighted by molar-refractivity contribution is 0.00705. The van der Waals surface area contributed by atoms with Crippen LogP contribution >= 0.6 is 11.6 Å². The lowest BCUT2D eigenvalue weighted by atomic mass is 9.96. The molecule has 4 nitrogen and oxygen atoms in total. The highest BCUT2D eigenvalue weighted by Crippen LogP contribution is 2.26. The SMILES string of the molecule is COC(C)(CNS(=O)(=O)C=Cc1ccc(C)cc1)c1cccc(Cl)c1. The molecule has 0 fully saturated rings. The van der Waals surface area contributed by atoms with Gasteiger partial charge in [-0.15, -0.1) is 0 Å². The Hall–Kier alpha value is -1.66. The quantitative estimate of drug-likeness (QED) is 0.787. The molecule has 1 N–H and O–H groups in total. The Bertz CT molecular complexity index is 847. The summed E-state index contributed by atoms with van der Waals surface area (Å²) in [6, 6.07) is 14.8. The van der Waals surface area contributed by atoms with Gasteiger partial charge in [0, 0.05) is 24.1 Å². The summed E-state index contributed by atoms with van der Waals surface area (Å²) in [5, 5.41) is 1.73. The Morgan fingerprint density at radius 2 is 1.88 bits per heavy atom. The molecule has 0 aliphatic carbocycles. The molecule has 0 aliphatic rings. The van der Waals surface area contributed by atoms with Gasteiger partial charge in [0.1, 0.15) is 5.60 Å². The molecule has 0 amide bonds. The van der Waals surface area contributed by atoms with Gasteiger partial charge in [0.05, 0.1) is 0 Å². The predicted molar refractivity (Wildman–Crippen MR) is 103 cm³/mol. The third-order valence-electron chi connectivity index (χ3n) is 4.01. The fourth-order valence-electron chi connectivity index (χ4n) is 2.24. The van der Waals surface area contributed by atoms with Crippen LogP contribution in [0.1, 0.15) is 23.6 Å². The summed E-state index contributed by atoms with van der Waals surface area (Å²) in [7, 11) is -2.06. The molecule has 1 unspecified atom stereocenters. The van der Waals surface area contributed by atoms with Gasteiger partial charge >= 0.3 is 0 Å². The van der Waals surface area contributed by atoms with Crippen molar-refractivity contribution in [2.24, 2.45) is 0 Å². The molecule has 134 valence electrons. The van der Waals surface area contributed by atoms with E-state index in [0.717, 1.165) is 22.1 Å². The minimum absolute atomic E-state index is 0.0877. The van der Waals surface area contributed by atoms with E-state index in [-0.39, 0.29) is 6.54 Å². The van der Waals surface area contributed by atoms with Crippen LogP contribution in [0.5, 0.6) is 0 Å². The number of methoxy groups -OCH3 is 1. The van der Waals surface area contributed by atoms with Crippen LogP contribution in [0.15, 0.2) is 53.9 Å². The van der Waals surface area contributed by atoms with Crippen molar-refractivity contribution in [2.45, 2.75) is 19.4 Å². The number of ether oxygens (including phenoxy) is 1. The second-order valence-electron chi connectivity index (χ2n) is 6.02. The first-order valence-corrected chi connectivity index (χ1v) is 9.72. The van der Waals surface area contributed by atoms with Crippen LogP contribution in [0.4, 0.5) is 0 Å². The van der Waals surface area contributed by atoms with Gasteiger partial charge in [0.15, 0.2) is 0 Å². The van der Waals surface area contributed by atoms with Crippen LogP contribution in [-0.2, 0) is 20.4 Å². The molecule has 1 atom stereocenters. The Balaban J connectivity index is 2.10. The number of benzene rings is 2. The molecule has 0 aliphatic heterocycles. The lowest BCUT2D eigenvalue weighted by Gasteiger charge is -2.28. The first-order valence-electron chi connectivity index (χ1n) is 7.80. The van der Waals surface area contributed by atoms with Gasteiger partial charge in [0.2, 0.25) is 10.0 Å². The molecule has 0 heterocycles. The fourth-order valence-corrected chi connectivity index (χ4v) is 3.34. The highest BCUT2D eigenvalue weighted by atomic mass is 35.5. The maximum atomic E-state index is 12.3. The molecule has 2 aromatic rings. The smallest absolute Gasteiger partial charge is 0.233 e. The van der Waals surface area contributed by atoms with Crippen molar-refractivity contribution in [3.05, 3.63) is 75.7 Å². The molecule has 0 bridgehead atoms. The summed E-state index contributed by atoms with van der Waals surface area (Å²) in [5.41, 5.74) is 1.92. The monoisotopic (exact) mass is 379 g/mol. The molecule has 0 saturated carbocycles. The fraction of sp³-hybridized carbons (Fsp3) is 0.263. The number of hydrogen-bond acceptors (Lipinski definition) is 3. The highest BCUT2D eigenvalue weighted by molar-refractivity contribution is 7.92. The van der Waals surface area contributed by atoms with Crippen LogP contribution in [0.25, 0.3) is 6.08 Å². The van der Waals surface area contributed by atoms with E-state index in [0.29, 0.717) is 5.02 Å². The van der Waals surface area contributed by atoms with Gasteiger partial charge in [-0.25, -0.2) is 13.1 Å². The van der Waals surface area contributed by atoms with Gasteiger partial charge in [-0.1, -0.05) is 53.6 Å². The van der Waals surface area contributed by atoms with Crippen LogP contribution in [0, 0.1) is 6.92 Å². The Morgan fingerprint density at radius 3 is 2.48 bits per heavy atom. The standard InChI is InChI=1S/C19H22ClNO3S/c1-15-7-9-16(10-8-15)11-12-25(22,23)21-14-19(2,24-3)17-5-4-6-18(20)13-17/h4-13,21H,14H2,1-3H3. The van der Waals surface area contributed by atoms with Crippen LogP contribution in [-0.4, -0.2) is 22.1 Å². The summed E-state index contributed by atoms with van der Waals surface area (Å²) < 4.78 is 32.6. The third-order valence-corrected chi connectivity index (χ3v) is 5.29. The summed E-state index contributed by atoms with van der Waals surface area (Å²) in [5.74, 6) is 0. The second kappa shape index (κ2) is 8.15. The predicted octanol–water partition coefficient (Wildman–Crippen LogP) is 4.10. The zero-order valence-corrected chi connectivity index (χ0v) is 16.1. The molecule has 0 aromatic heterocycles. The molecule has 2 rings (SSSR count). The van der Waals surface area contributed by atoms with Gasteiger partial charge in [-0.05, 0) is 43.2 Å². The van der Waals surface area contributed by atoms with Crippen LogP contribution in [0.3, 0.4) is 0 Å². The minimum Gasteiger partial charge on any atom is -0.372 e. The molecule has 2 aromatic carbocycles. The van der Waals surface area contributed by atoms with E-state index < -0.39 is 15.6 Å². The van der Waals surface area contributed by atoms with Gasteiger partial charge in [0.25, 0.3) is 0 Å². The summed E-state index contributed by atoms with van der Waals surface area (Å²) in [6.07, 6.45) is 1.56. The van der Waals surface area contributed by atoms with E-state index in [1.807, 2.05) is 44.2 Å². The molecular formula is C19H22ClNO3S. The van der Waals surface area contributed by atoms with Gasteiger partial charge < -0.3 is 4.74 Å². The van der Waals surface area contributed by atoms with Crippen molar-refractivity contribution in [3.8, 4) is 0 Å². The lowest BCUT2D eigenvalue weighted by Crippen LogP contribution is -2.39. The average Bonchev–Trinajstić information content (AvgIpc) is 2.59. The molecule has 25 heavy (non-hydrogen) atoms. The number of rotatable bonds is 7. The maximum absolute atomic E-state index is 12.3.